The summed E-state index contributed by atoms with van der Waals surface area (Å²) >= 11 is 7.14. The lowest BCUT2D eigenvalue weighted by Crippen LogP contribution is -2.32. The number of benzene rings is 1. The highest BCUT2D eigenvalue weighted by molar-refractivity contribution is 14.1. The Morgan fingerprint density at radius 2 is 2.00 bits per heavy atom. The highest BCUT2D eigenvalue weighted by Gasteiger charge is 2.16. The Hall–Kier alpha value is 0.375. The van der Waals surface area contributed by atoms with E-state index in [9.17, 15) is 0 Å². The summed E-state index contributed by atoms with van der Waals surface area (Å²) in [4.78, 5) is 0. The molecular weight excluding hydrogens is 378 g/mol. The van der Waals surface area contributed by atoms with E-state index in [1.807, 2.05) is 18.2 Å². The summed E-state index contributed by atoms with van der Waals surface area (Å²) < 4.78 is 3.07. The number of hydrogen-bond acceptors (Lipinski definition) is 3. The molecule has 2 rings (SSSR count). The highest BCUT2D eigenvalue weighted by Crippen LogP contribution is 2.30. The van der Waals surface area contributed by atoms with Crippen molar-refractivity contribution < 1.29 is 10.0 Å². The van der Waals surface area contributed by atoms with Gasteiger partial charge in [0.15, 0.2) is 0 Å². The monoisotopic (exact) mass is 382 g/mol. The number of rotatable bonds is 1. The number of thiophene rings is 1. The van der Waals surface area contributed by atoms with Gasteiger partial charge in [-0.1, -0.05) is 6.07 Å². The predicted molar refractivity (Wildman–Crippen MR) is 72.1 cm³/mol. The first-order valence-corrected chi connectivity index (χ1v) is 6.51. The molecule has 72 valence electrons. The zero-order valence-corrected chi connectivity index (χ0v) is 11.4. The van der Waals surface area contributed by atoms with E-state index in [-0.39, 0.29) is 0 Å². The van der Waals surface area contributed by atoms with Gasteiger partial charge in [0.25, 0.3) is 0 Å². The van der Waals surface area contributed by atoms with Crippen LogP contribution in [0.3, 0.4) is 0 Å². The molecule has 2 N–H and O–H groups in total. The molecule has 0 bridgehead atoms. The molecule has 0 spiro atoms. The van der Waals surface area contributed by atoms with Crippen LogP contribution in [0.2, 0.25) is 0 Å². The SMILES string of the molecule is OB(O)c1cc2cc(Br)sc2cc1I. The summed E-state index contributed by atoms with van der Waals surface area (Å²) in [7, 11) is -1.40. The molecule has 0 unspecified atom stereocenters. The molecule has 1 aromatic heterocycles. The van der Waals surface area contributed by atoms with Gasteiger partial charge in [-0.25, -0.2) is 0 Å². The third-order valence-corrected chi connectivity index (χ3v) is 4.42. The Bertz CT molecular complexity index is 485. The normalized spacial score (nSPS) is 10.9. The second kappa shape index (κ2) is 4.09. The molecule has 0 amide bonds. The summed E-state index contributed by atoms with van der Waals surface area (Å²) in [5.74, 6) is 0. The van der Waals surface area contributed by atoms with Crippen molar-refractivity contribution in [2.24, 2.45) is 0 Å². The number of hydrogen-bond donors (Lipinski definition) is 2. The first-order valence-electron chi connectivity index (χ1n) is 3.82. The topological polar surface area (TPSA) is 40.5 Å². The molecule has 0 radical (unpaired) electrons. The molecule has 0 saturated heterocycles. The Kier molecular flexibility index (Phi) is 3.18. The van der Waals surface area contributed by atoms with Crippen LogP contribution in [-0.4, -0.2) is 17.2 Å². The fourth-order valence-corrected chi connectivity index (χ4v) is 3.78. The molecule has 0 aliphatic heterocycles. The van der Waals surface area contributed by atoms with Gasteiger partial charge in [0.1, 0.15) is 0 Å². The Morgan fingerprint density at radius 3 is 2.64 bits per heavy atom. The van der Waals surface area contributed by atoms with Gasteiger partial charge in [-0.15, -0.1) is 11.3 Å². The van der Waals surface area contributed by atoms with Crippen molar-refractivity contribution in [1.29, 1.82) is 0 Å². The quantitative estimate of drug-likeness (QED) is 0.584. The van der Waals surface area contributed by atoms with E-state index in [1.54, 1.807) is 11.3 Å². The van der Waals surface area contributed by atoms with Crippen molar-refractivity contribution in [1.82, 2.24) is 0 Å². The minimum Gasteiger partial charge on any atom is -0.423 e. The van der Waals surface area contributed by atoms with Crippen LogP contribution in [0.25, 0.3) is 10.1 Å². The summed E-state index contributed by atoms with van der Waals surface area (Å²) in [6.07, 6.45) is 0. The average Bonchev–Trinajstić information content (AvgIpc) is 2.42. The molecule has 0 aliphatic carbocycles. The highest BCUT2D eigenvalue weighted by atomic mass is 127. The van der Waals surface area contributed by atoms with Crippen molar-refractivity contribution in [3.63, 3.8) is 0 Å². The first-order chi connectivity index (χ1) is 6.58. The maximum absolute atomic E-state index is 9.11. The van der Waals surface area contributed by atoms with Gasteiger partial charge in [0.2, 0.25) is 0 Å². The van der Waals surface area contributed by atoms with Crippen LogP contribution in [-0.2, 0) is 0 Å². The largest absolute Gasteiger partial charge is 0.489 e. The van der Waals surface area contributed by atoms with Gasteiger partial charge < -0.3 is 10.0 Å². The summed E-state index contributed by atoms with van der Waals surface area (Å²) in [5, 5.41) is 19.3. The minimum atomic E-state index is -1.40. The fraction of sp³-hybridized carbons (Fsp3) is 0. The molecule has 1 aromatic carbocycles. The van der Waals surface area contributed by atoms with E-state index in [0.717, 1.165) is 17.4 Å². The van der Waals surface area contributed by atoms with Gasteiger partial charge in [-0.2, -0.15) is 0 Å². The van der Waals surface area contributed by atoms with Crippen LogP contribution in [0, 0.1) is 3.57 Å². The molecule has 2 aromatic rings. The number of fused-ring (bicyclic) bond motifs is 1. The molecule has 14 heavy (non-hydrogen) atoms. The van der Waals surface area contributed by atoms with Gasteiger partial charge in [0.05, 0.1) is 3.79 Å². The van der Waals surface area contributed by atoms with E-state index in [2.05, 4.69) is 38.5 Å². The average molecular weight is 383 g/mol. The van der Waals surface area contributed by atoms with Gasteiger partial charge in [0, 0.05) is 8.27 Å². The Labute approximate surface area is 107 Å². The Morgan fingerprint density at radius 1 is 1.29 bits per heavy atom. The van der Waals surface area contributed by atoms with Crippen LogP contribution in [0.15, 0.2) is 22.0 Å². The second-order valence-electron chi connectivity index (χ2n) is 2.84. The minimum absolute atomic E-state index is 0.559. The van der Waals surface area contributed by atoms with Crippen LogP contribution < -0.4 is 5.46 Å². The second-order valence-corrected chi connectivity index (χ2v) is 6.46. The molecule has 2 nitrogen and oxygen atoms in total. The standard InChI is InChI=1S/C8H5BBrIO2S/c10-8-2-4-1-5(9(12)13)6(11)3-7(4)14-8/h1-3,12-13H. The lowest BCUT2D eigenvalue weighted by molar-refractivity contribution is 0.425. The van der Waals surface area contributed by atoms with Crippen LogP contribution >= 0.6 is 49.9 Å². The van der Waals surface area contributed by atoms with E-state index in [1.165, 1.54) is 0 Å². The lowest BCUT2D eigenvalue weighted by Gasteiger charge is -2.02. The molecular formula is C8H5BBrIO2S. The lowest BCUT2D eigenvalue weighted by atomic mass is 9.80. The van der Waals surface area contributed by atoms with Crippen molar-refractivity contribution in [3.05, 3.63) is 25.6 Å². The summed E-state index contributed by atoms with van der Waals surface area (Å²) in [6.45, 7) is 0. The van der Waals surface area contributed by atoms with Crippen LogP contribution in [0.4, 0.5) is 0 Å². The van der Waals surface area contributed by atoms with Crippen LogP contribution in [0.5, 0.6) is 0 Å². The van der Waals surface area contributed by atoms with Gasteiger partial charge >= 0.3 is 7.12 Å². The van der Waals surface area contributed by atoms with E-state index < -0.39 is 7.12 Å². The summed E-state index contributed by atoms with van der Waals surface area (Å²) in [5.41, 5.74) is 0.559. The Balaban J connectivity index is 2.70. The molecule has 0 atom stereocenters. The smallest absolute Gasteiger partial charge is 0.423 e. The van der Waals surface area contributed by atoms with Crippen molar-refractivity contribution in [2.45, 2.75) is 0 Å². The van der Waals surface area contributed by atoms with Crippen molar-refractivity contribution in [3.8, 4) is 0 Å². The zero-order valence-electron chi connectivity index (χ0n) is 6.87. The van der Waals surface area contributed by atoms with E-state index in [4.69, 9.17) is 10.0 Å². The maximum atomic E-state index is 9.11. The predicted octanol–water partition coefficient (Wildman–Crippen LogP) is 1.95. The fourth-order valence-electron chi connectivity index (χ4n) is 1.25. The zero-order chi connectivity index (χ0) is 10.3. The van der Waals surface area contributed by atoms with E-state index in [0.29, 0.717) is 5.46 Å². The molecule has 1 heterocycles. The van der Waals surface area contributed by atoms with E-state index >= 15 is 0 Å². The van der Waals surface area contributed by atoms with Crippen molar-refractivity contribution >= 4 is 72.5 Å². The first kappa shape index (κ1) is 10.9. The van der Waals surface area contributed by atoms with Crippen LogP contribution in [0.1, 0.15) is 0 Å². The summed E-state index contributed by atoms with van der Waals surface area (Å²) in [6, 6.07) is 5.74. The number of halogens is 2. The third-order valence-electron chi connectivity index (χ3n) is 1.88. The molecule has 0 aliphatic rings. The van der Waals surface area contributed by atoms with Crippen molar-refractivity contribution in [2.75, 3.05) is 0 Å². The van der Waals surface area contributed by atoms with Gasteiger partial charge in [-0.05, 0) is 61.5 Å². The third kappa shape index (κ3) is 1.99. The molecule has 0 saturated carbocycles. The maximum Gasteiger partial charge on any atom is 0.489 e. The van der Waals surface area contributed by atoms with Gasteiger partial charge in [-0.3, -0.25) is 0 Å². The molecule has 0 fully saturated rings. The molecule has 6 heteroatoms.